The van der Waals surface area contributed by atoms with Crippen LogP contribution in [-0.4, -0.2) is 26.3 Å². The number of halogens is 1. The van der Waals surface area contributed by atoms with Gasteiger partial charge in [-0.05, 0) is 24.6 Å². The quantitative estimate of drug-likeness (QED) is 0.836. The molecule has 4 nitrogen and oxygen atoms in total. The molecule has 0 spiro atoms. The van der Waals surface area contributed by atoms with Crippen molar-refractivity contribution in [2.75, 3.05) is 13.6 Å². The lowest BCUT2D eigenvalue weighted by atomic mass is 10.2. The minimum absolute atomic E-state index is 0.0122. The Balaban J connectivity index is 3.16. The van der Waals surface area contributed by atoms with E-state index in [0.29, 0.717) is 6.54 Å². The highest BCUT2D eigenvalue weighted by atomic mass is 35.5. The first kappa shape index (κ1) is 15.0. The molecule has 0 bridgehead atoms. The Morgan fingerprint density at radius 1 is 1.44 bits per heavy atom. The fourth-order valence-corrected chi connectivity index (χ4v) is 3.15. The summed E-state index contributed by atoms with van der Waals surface area (Å²) >= 11 is 5.90. The molecule has 0 atom stereocenters. The molecule has 0 fully saturated rings. The van der Waals surface area contributed by atoms with Gasteiger partial charge in [0.25, 0.3) is 0 Å². The zero-order valence-corrected chi connectivity index (χ0v) is 11.9. The van der Waals surface area contributed by atoms with E-state index >= 15 is 0 Å². The van der Waals surface area contributed by atoms with E-state index in [4.69, 9.17) is 16.9 Å². The molecule has 0 radical (unpaired) electrons. The average Bonchev–Trinajstić information content (AvgIpc) is 2.36. The smallest absolute Gasteiger partial charge is 0.207 e. The van der Waals surface area contributed by atoms with Gasteiger partial charge in [0, 0.05) is 13.6 Å². The number of nitriles is 1. The summed E-state index contributed by atoms with van der Waals surface area (Å²) in [6, 6.07) is 6.14. The van der Waals surface area contributed by atoms with Gasteiger partial charge in [0.1, 0.15) is 4.90 Å². The lowest BCUT2D eigenvalue weighted by Crippen LogP contribution is -2.28. The fourth-order valence-electron chi connectivity index (χ4n) is 1.44. The van der Waals surface area contributed by atoms with Gasteiger partial charge in [0.05, 0.1) is 16.7 Å². The Hall–Kier alpha value is -1.09. The van der Waals surface area contributed by atoms with Gasteiger partial charge in [-0.2, -0.15) is 5.26 Å². The van der Waals surface area contributed by atoms with Crippen LogP contribution >= 0.6 is 11.6 Å². The molecule has 0 heterocycles. The number of sulfonamides is 1. The summed E-state index contributed by atoms with van der Waals surface area (Å²) in [5.74, 6) is 0. The van der Waals surface area contributed by atoms with Gasteiger partial charge in [-0.25, -0.2) is 12.7 Å². The van der Waals surface area contributed by atoms with Crippen LogP contribution in [0, 0.1) is 11.3 Å². The summed E-state index contributed by atoms with van der Waals surface area (Å²) < 4.78 is 25.8. The number of hydrogen-bond acceptors (Lipinski definition) is 3. The van der Waals surface area contributed by atoms with Crippen molar-refractivity contribution < 1.29 is 8.42 Å². The van der Waals surface area contributed by atoms with E-state index in [-0.39, 0.29) is 15.5 Å². The Labute approximate surface area is 113 Å². The molecule has 0 aliphatic heterocycles. The average molecular weight is 287 g/mol. The van der Waals surface area contributed by atoms with Crippen molar-refractivity contribution in [3.8, 4) is 6.07 Å². The van der Waals surface area contributed by atoms with E-state index in [9.17, 15) is 8.42 Å². The van der Waals surface area contributed by atoms with E-state index in [1.54, 1.807) is 0 Å². The highest BCUT2D eigenvalue weighted by Gasteiger charge is 2.23. The van der Waals surface area contributed by atoms with Crippen LogP contribution in [0.15, 0.2) is 23.1 Å². The van der Waals surface area contributed by atoms with Crippen molar-refractivity contribution in [2.45, 2.75) is 24.7 Å². The van der Waals surface area contributed by atoms with Crippen molar-refractivity contribution in [2.24, 2.45) is 0 Å². The van der Waals surface area contributed by atoms with Gasteiger partial charge < -0.3 is 0 Å². The minimum Gasteiger partial charge on any atom is -0.207 e. The third kappa shape index (κ3) is 3.22. The minimum atomic E-state index is -3.62. The lowest BCUT2D eigenvalue weighted by Gasteiger charge is -2.17. The molecule has 6 heteroatoms. The second-order valence-electron chi connectivity index (χ2n) is 3.94. The second kappa shape index (κ2) is 6.19. The fraction of sp³-hybridized carbons (Fsp3) is 0.417. The molecule has 0 saturated heterocycles. The predicted octanol–water partition coefficient (Wildman–Crippen LogP) is 2.63. The highest BCUT2D eigenvalue weighted by Crippen LogP contribution is 2.25. The van der Waals surface area contributed by atoms with Crippen LogP contribution in [0.3, 0.4) is 0 Å². The predicted molar refractivity (Wildman–Crippen MR) is 70.9 cm³/mol. The second-order valence-corrected chi connectivity index (χ2v) is 6.36. The van der Waals surface area contributed by atoms with E-state index in [0.717, 1.165) is 12.8 Å². The molecular formula is C12H15ClN2O2S. The molecule has 0 aliphatic carbocycles. The zero-order chi connectivity index (χ0) is 13.8. The summed E-state index contributed by atoms with van der Waals surface area (Å²) in [5.41, 5.74) is 0.280. The van der Waals surface area contributed by atoms with Crippen LogP contribution in [0.5, 0.6) is 0 Å². The third-order valence-corrected chi connectivity index (χ3v) is 4.91. The number of benzene rings is 1. The summed E-state index contributed by atoms with van der Waals surface area (Å²) in [6.07, 6.45) is 1.69. The molecule has 0 unspecified atom stereocenters. The molecule has 0 aromatic heterocycles. The molecule has 0 amide bonds. The normalized spacial score (nSPS) is 11.5. The Morgan fingerprint density at radius 3 is 2.67 bits per heavy atom. The van der Waals surface area contributed by atoms with Gasteiger partial charge in [0.2, 0.25) is 10.0 Å². The molecule has 18 heavy (non-hydrogen) atoms. The van der Waals surface area contributed by atoms with E-state index in [1.165, 1.54) is 29.6 Å². The van der Waals surface area contributed by atoms with Gasteiger partial charge in [-0.15, -0.1) is 0 Å². The summed E-state index contributed by atoms with van der Waals surface area (Å²) in [7, 11) is -2.11. The Kier molecular flexibility index (Phi) is 5.15. The maximum Gasteiger partial charge on any atom is 0.244 e. The molecule has 0 aliphatic rings. The number of rotatable bonds is 5. The molecular weight excluding hydrogens is 272 g/mol. The Bertz CT molecular complexity index is 564. The maximum absolute atomic E-state index is 12.3. The van der Waals surface area contributed by atoms with Crippen molar-refractivity contribution in [3.63, 3.8) is 0 Å². The number of unbranched alkanes of at least 4 members (excludes halogenated alkanes) is 1. The lowest BCUT2D eigenvalue weighted by molar-refractivity contribution is 0.459. The highest BCUT2D eigenvalue weighted by molar-refractivity contribution is 7.89. The first-order valence-corrected chi connectivity index (χ1v) is 7.41. The van der Waals surface area contributed by atoms with Gasteiger partial charge >= 0.3 is 0 Å². The van der Waals surface area contributed by atoms with Crippen LogP contribution in [0.1, 0.15) is 25.3 Å². The third-order valence-electron chi connectivity index (χ3n) is 2.58. The maximum atomic E-state index is 12.3. The standard InChI is InChI=1S/C12H15ClN2O2S/c1-3-4-7-15(2)18(16,17)12-8-10(9-14)5-6-11(12)13/h5-6,8H,3-4,7H2,1-2H3. The topological polar surface area (TPSA) is 61.2 Å². The van der Waals surface area contributed by atoms with E-state index in [2.05, 4.69) is 0 Å². The molecule has 98 valence electrons. The van der Waals surface area contributed by atoms with E-state index in [1.807, 2.05) is 13.0 Å². The van der Waals surface area contributed by atoms with Gasteiger partial charge in [-0.3, -0.25) is 0 Å². The van der Waals surface area contributed by atoms with Crippen LogP contribution in [-0.2, 0) is 10.0 Å². The van der Waals surface area contributed by atoms with Crippen LogP contribution in [0.25, 0.3) is 0 Å². The van der Waals surface area contributed by atoms with E-state index < -0.39 is 10.0 Å². The first-order chi connectivity index (χ1) is 8.43. The van der Waals surface area contributed by atoms with Crippen LogP contribution in [0.4, 0.5) is 0 Å². The van der Waals surface area contributed by atoms with Crippen molar-refractivity contribution in [1.82, 2.24) is 4.31 Å². The van der Waals surface area contributed by atoms with Gasteiger partial charge in [-0.1, -0.05) is 24.9 Å². The number of hydrogen-bond donors (Lipinski definition) is 0. The zero-order valence-electron chi connectivity index (χ0n) is 10.4. The summed E-state index contributed by atoms with van der Waals surface area (Å²) in [6.45, 7) is 2.43. The largest absolute Gasteiger partial charge is 0.244 e. The van der Waals surface area contributed by atoms with Crippen molar-refractivity contribution >= 4 is 21.6 Å². The molecule has 1 rings (SSSR count). The molecule has 1 aromatic rings. The van der Waals surface area contributed by atoms with Crippen LogP contribution in [0.2, 0.25) is 5.02 Å². The summed E-state index contributed by atoms with van der Waals surface area (Å²) in [5, 5.41) is 8.93. The van der Waals surface area contributed by atoms with Crippen LogP contribution < -0.4 is 0 Å². The SMILES string of the molecule is CCCCN(C)S(=O)(=O)c1cc(C#N)ccc1Cl. The number of nitrogens with zero attached hydrogens (tertiary/aromatic N) is 2. The first-order valence-electron chi connectivity index (χ1n) is 5.59. The molecule has 0 saturated carbocycles. The monoisotopic (exact) mass is 286 g/mol. The molecule has 1 aromatic carbocycles. The van der Waals surface area contributed by atoms with Crippen molar-refractivity contribution in [3.05, 3.63) is 28.8 Å². The molecule has 0 N–H and O–H groups in total. The van der Waals surface area contributed by atoms with Gasteiger partial charge in [0.15, 0.2) is 0 Å². The Morgan fingerprint density at radius 2 is 2.11 bits per heavy atom. The summed E-state index contributed by atoms with van der Waals surface area (Å²) in [4.78, 5) is -0.0122. The van der Waals surface area contributed by atoms with Crippen molar-refractivity contribution in [1.29, 1.82) is 5.26 Å².